The van der Waals surface area contributed by atoms with Gasteiger partial charge in [0.15, 0.2) is 0 Å². The fourth-order valence-electron chi connectivity index (χ4n) is 3.01. The Morgan fingerprint density at radius 3 is 2.03 bits per heavy atom. The average molecular weight is 459 g/mol. The summed E-state index contributed by atoms with van der Waals surface area (Å²) in [5.74, 6) is -2.02. The van der Waals surface area contributed by atoms with Crippen LogP contribution in [0.4, 0.5) is 5.69 Å². The molecule has 11 heteroatoms. The van der Waals surface area contributed by atoms with Gasteiger partial charge in [0.05, 0.1) is 6.10 Å². The van der Waals surface area contributed by atoms with Gasteiger partial charge in [-0.2, -0.15) is 0 Å². The van der Waals surface area contributed by atoms with Crippen LogP contribution in [0.2, 0.25) is 0 Å². The molecule has 2 aromatic carbocycles. The molecule has 2 aromatic rings. The summed E-state index contributed by atoms with van der Waals surface area (Å²) >= 11 is 0. The third kappa shape index (κ3) is 7.07. The van der Waals surface area contributed by atoms with Crippen LogP contribution in [0.15, 0.2) is 48.5 Å². The van der Waals surface area contributed by atoms with Crippen molar-refractivity contribution in [2.75, 3.05) is 11.9 Å². The van der Waals surface area contributed by atoms with Gasteiger partial charge in [-0.25, -0.2) is 5.48 Å². The van der Waals surface area contributed by atoms with Gasteiger partial charge in [0.2, 0.25) is 0 Å². The van der Waals surface area contributed by atoms with Crippen molar-refractivity contribution in [1.29, 1.82) is 0 Å². The first-order chi connectivity index (χ1) is 15.6. The molecule has 178 valence electrons. The summed E-state index contributed by atoms with van der Waals surface area (Å²) in [6.07, 6.45) is -0.416. The molecular formula is C22H30N6O5. The third-order valence-corrected chi connectivity index (χ3v) is 5.00. The molecule has 3 amide bonds. The van der Waals surface area contributed by atoms with Gasteiger partial charge in [0.1, 0.15) is 11.7 Å². The van der Waals surface area contributed by atoms with Crippen molar-refractivity contribution in [2.45, 2.75) is 37.6 Å². The molecule has 0 aliphatic rings. The first-order valence-electron chi connectivity index (χ1n) is 10.3. The van der Waals surface area contributed by atoms with Crippen molar-refractivity contribution < 1.29 is 24.7 Å². The number of amides is 3. The SMILES string of the molecule is C[C@@H](O)[C@H](NC(=O)c1ccc(-c2ccc(NC(=O)C(N)(N)CCCN)cc2)cc1)C(=O)NO. The Balaban J connectivity index is 2.05. The smallest absolute Gasteiger partial charge is 0.268 e. The molecule has 0 fully saturated rings. The molecule has 2 rings (SSSR count). The molecule has 0 aromatic heterocycles. The van der Waals surface area contributed by atoms with Gasteiger partial charge in [-0.05, 0) is 61.7 Å². The minimum absolute atomic E-state index is 0.260. The number of carbonyl (C=O) groups is 3. The number of hydrogen-bond acceptors (Lipinski definition) is 8. The van der Waals surface area contributed by atoms with Gasteiger partial charge in [0, 0.05) is 11.3 Å². The molecular weight excluding hydrogens is 428 g/mol. The molecule has 0 radical (unpaired) electrons. The predicted molar refractivity (Wildman–Crippen MR) is 123 cm³/mol. The summed E-state index contributed by atoms with van der Waals surface area (Å²) < 4.78 is 0. The molecule has 0 aliphatic heterocycles. The normalized spacial score (nSPS) is 13.0. The second-order valence-electron chi connectivity index (χ2n) is 7.71. The molecule has 2 atom stereocenters. The maximum atomic E-state index is 12.4. The number of nitrogens with one attached hydrogen (secondary N) is 3. The van der Waals surface area contributed by atoms with E-state index >= 15 is 0 Å². The topological polar surface area (TPSA) is 206 Å². The quantitative estimate of drug-likeness (QED) is 0.134. The van der Waals surface area contributed by atoms with E-state index in [9.17, 15) is 19.5 Å². The van der Waals surface area contributed by atoms with E-state index in [1.807, 2.05) is 0 Å². The number of carbonyl (C=O) groups excluding carboxylic acids is 3. The number of hydroxylamine groups is 1. The van der Waals surface area contributed by atoms with Crippen LogP contribution in [0.1, 0.15) is 30.1 Å². The molecule has 11 nitrogen and oxygen atoms in total. The highest BCUT2D eigenvalue weighted by atomic mass is 16.5. The summed E-state index contributed by atoms with van der Waals surface area (Å²) in [7, 11) is 0. The van der Waals surface area contributed by atoms with Crippen molar-refractivity contribution in [3.8, 4) is 11.1 Å². The number of rotatable bonds is 10. The van der Waals surface area contributed by atoms with E-state index in [0.717, 1.165) is 11.1 Å². The van der Waals surface area contributed by atoms with Gasteiger partial charge < -0.3 is 32.9 Å². The first kappa shape index (κ1) is 25.9. The van der Waals surface area contributed by atoms with E-state index in [1.54, 1.807) is 48.5 Å². The molecule has 0 heterocycles. The average Bonchev–Trinajstić information content (AvgIpc) is 2.81. The predicted octanol–water partition coefficient (Wildman–Crippen LogP) is -0.371. The van der Waals surface area contributed by atoms with E-state index < -0.39 is 35.5 Å². The van der Waals surface area contributed by atoms with Crippen molar-refractivity contribution in [3.05, 3.63) is 54.1 Å². The van der Waals surface area contributed by atoms with E-state index in [-0.39, 0.29) is 12.0 Å². The molecule has 0 saturated heterocycles. The number of nitrogens with two attached hydrogens (primary N) is 3. The number of aliphatic hydroxyl groups is 1. The molecule has 0 aliphatic carbocycles. The van der Waals surface area contributed by atoms with Crippen LogP contribution in [-0.4, -0.2) is 52.4 Å². The summed E-state index contributed by atoms with van der Waals surface area (Å²) in [5.41, 5.74) is 19.5. The van der Waals surface area contributed by atoms with E-state index in [4.69, 9.17) is 22.4 Å². The lowest BCUT2D eigenvalue weighted by molar-refractivity contribution is -0.133. The van der Waals surface area contributed by atoms with Crippen LogP contribution in [0.5, 0.6) is 0 Å². The van der Waals surface area contributed by atoms with Gasteiger partial charge in [-0.15, -0.1) is 0 Å². The van der Waals surface area contributed by atoms with Crippen LogP contribution < -0.4 is 33.3 Å². The monoisotopic (exact) mass is 458 g/mol. The largest absolute Gasteiger partial charge is 0.391 e. The first-order valence-corrected chi connectivity index (χ1v) is 10.3. The Labute approximate surface area is 191 Å². The Kier molecular flexibility index (Phi) is 9.02. The van der Waals surface area contributed by atoms with Gasteiger partial charge in [-0.3, -0.25) is 19.6 Å². The number of hydrogen-bond donors (Lipinski definition) is 8. The van der Waals surface area contributed by atoms with Crippen LogP contribution in [0.3, 0.4) is 0 Å². The van der Waals surface area contributed by atoms with Crippen molar-refractivity contribution in [2.24, 2.45) is 17.2 Å². The summed E-state index contributed by atoms with van der Waals surface area (Å²) in [5, 5.41) is 23.4. The van der Waals surface area contributed by atoms with Crippen molar-refractivity contribution in [1.82, 2.24) is 10.8 Å². The second-order valence-corrected chi connectivity index (χ2v) is 7.71. The lowest BCUT2D eigenvalue weighted by Gasteiger charge is -2.23. The van der Waals surface area contributed by atoms with E-state index in [0.29, 0.717) is 18.7 Å². The Morgan fingerprint density at radius 2 is 1.55 bits per heavy atom. The standard InChI is InChI=1S/C22H30N6O5/c1-13(29)18(20(31)28-33)27-19(30)16-5-3-14(4-6-16)15-7-9-17(10-8-15)26-21(32)22(24,25)11-2-12-23/h3-10,13,18,29,33H,2,11-12,23-25H2,1H3,(H,26,32)(H,27,30)(H,28,31)/t13-,18+/m1/s1. The van der Waals surface area contributed by atoms with Crippen LogP contribution >= 0.6 is 0 Å². The van der Waals surface area contributed by atoms with Crippen LogP contribution in [-0.2, 0) is 9.59 Å². The summed E-state index contributed by atoms with van der Waals surface area (Å²) in [4.78, 5) is 36.2. The molecule has 0 spiro atoms. The van der Waals surface area contributed by atoms with Crippen molar-refractivity contribution in [3.63, 3.8) is 0 Å². The summed E-state index contributed by atoms with van der Waals surface area (Å²) in [6, 6.07) is 12.2. The Hall–Kier alpha value is -3.35. The molecule has 0 bridgehead atoms. The van der Waals surface area contributed by atoms with Gasteiger partial charge in [0.25, 0.3) is 17.7 Å². The Bertz CT molecular complexity index is 960. The lowest BCUT2D eigenvalue weighted by atomic mass is 10.0. The molecule has 11 N–H and O–H groups in total. The van der Waals surface area contributed by atoms with Crippen LogP contribution in [0, 0.1) is 0 Å². The van der Waals surface area contributed by atoms with Crippen LogP contribution in [0.25, 0.3) is 11.1 Å². The van der Waals surface area contributed by atoms with E-state index in [1.165, 1.54) is 12.4 Å². The minimum Gasteiger partial charge on any atom is -0.391 e. The van der Waals surface area contributed by atoms with Gasteiger partial charge >= 0.3 is 0 Å². The number of anilines is 1. The third-order valence-electron chi connectivity index (χ3n) is 5.00. The maximum absolute atomic E-state index is 12.4. The van der Waals surface area contributed by atoms with E-state index in [2.05, 4.69) is 10.6 Å². The van der Waals surface area contributed by atoms with Crippen molar-refractivity contribution >= 4 is 23.4 Å². The number of benzene rings is 2. The lowest BCUT2D eigenvalue weighted by Crippen LogP contribution is -2.59. The highest BCUT2D eigenvalue weighted by Gasteiger charge is 2.28. The zero-order valence-electron chi connectivity index (χ0n) is 18.2. The fourth-order valence-corrected chi connectivity index (χ4v) is 3.01. The molecule has 0 unspecified atom stereocenters. The zero-order valence-corrected chi connectivity index (χ0v) is 18.2. The fraction of sp³-hybridized carbons (Fsp3) is 0.318. The minimum atomic E-state index is -1.51. The number of aliphatic hydroxyl groups excluding tert-OH is 1. The highest BCUT2D eigenvalue weighted by Crippen LogP contribution is 2.22. The summed E-state index contributed by atoms with van der Waals surface area (Å²) in [6.45, 7) is 1.70. The highest BCUT2D eigenvalue weighted by molar-refractivity contribution is 5.98. The second kappa shape index (κ2) is 11.5. The molecule has 33 heavy (non-hydrogen) atoms. The van der Waals surface area contributed by atoms with Gasteiger partial charge in [-0.1, -0.05) is 24.3 Å². The molecule has 0 saturated carbocycles. The maximum Gasteiger partial charge on any atom is 0.268 e. The Morgan fingerprint density at radius 1 is 1.00 bits per heavy atom. The zero-order chi connectivity index (χ0) is 24.6.